The molecule has 8 heteroatoms. The molecule has 156 valence electrons. The Balaban J connectivity index is 1.35. The van der Waals surface area contributed by atoms with Crippen LogP contribution in [0.15, 0.2) is 47.6 Å². The molecule has 2 aromatic carbocycles. The zero-order valence-corrected chi connectivity index (χ0v) is 18.2. The molecule has 1 aliphatic rings. The predicted octanol–water partition coefficient (Wildman–Crippen LogP) is 4.00. The zero-order chi connectivity index (χ0) is 20.9. The molecule has 0 atom stereocenters. The van der Waals surface area contributed by atoms with Gasteiger partial charge in [0.2, 0.25) is 11.1 Å². The van der Waals surface area contributed by atoms with Crippen LogP contribution in [-0.4, -0.2) is 45.0 Å². The molecule has 0 saturated carbocycles. The van der Waals surface area contributed by atoms with E-state index in [1.54, 1.807) is 4.68 Å². The van der Waals surface area contributed by atoms with E-state index in [4.69, 9.17) is 0 Å². The number of thioether (sulfide) groups is 1. The van der Waals surface area contributed by atoms with E-state index in [0.29, 0.717) is 5.16 Å². The van der Waals surface area contributed by atoms with E-state index < -0.39 is 0 Å². The minimum absolute atomic E-state index is 0.0825. The first-order chi connectivity index (χ1) is 14.6. The number of benzene rings is 2. The van der Waals surface area contributed by atoms with Crippen LogP contribution in [0.5, 0.6) is 0 Å². The lowest BCUT2D eigenvalue weighted by Crippen LogP contribution is -2.29. The van der Waals surface area contributed by atoms with Gasteiger partial charge in [-0.25, -0.2) is 0 Å². The van der Waals surface area contributed by atoms with Crippen LogP contribution in [0.3, 0.4) is 0 Å². The molecule has 3 aromatic rings. The highest BCUT2D eigenvalue weighted by Crippen LogP contribution is 2.23. The first-order valence-electron chi connectivity index (χ1n) is 10.2. The first kappa shape index (κ1) is 20.4. The van der Waals surface area contributed by atoms with Crippen LogP contribution < -0.4 is 10.2 Å². The van der Waals surface area contributed by atoms with E-state index in [1.807, 2.05) is 31.2 Å². The molecule has 1 aromatic heterocycles. The fourth-order valence-electron chi connectivity index (χ4n) is 3.70. The Morgan fingerprint density at radius 3 is 2.57 bits per heavy atom. The van der Waals surface area contributed by atoms with E-state index in [0.717, 1.165) is 30.0 Å². The summed E-state index contributed by atoms with van der Waals surface area (Å²) in [7, 11) is 0. The third-order valence-corrected chi connectivity index (χ3v) is 6.15. The van der Waals surface area contributed by atoms with Gasteiger partial charge in [0, 0.05) is 24.5 Å². The third-order valence-electron chi connectivity index (χ3n) is 5.23. The Bertz CT molecular complexity index is 1010. The van der Waals surface area contributed by atoms with Crippen LogP contribution in [0.25, 0.3) is 5.69 Å². The molecular formula is C22H26N6OS. The molecule has 2 heterocycles. The summed E-state index contributed by atoms with van der Waals surface area (Å²) in [6, 6.07) is 14.2. The van der Waals surface area contributed by atoms with Gasteiger partial charge in [0.1, 0.15) is 0 Å². The molecule has 7 nitrogen and oxygen atoms in total. The fourth-order valence-corrected chi connectivity index (χ4v) is 4.38. The van der Waals surface area contributed by atoms with Crippen molar-refractivity contribution >= 4 is 29.0 Å². The maximum atomic E-state index is 12.4. The average molecular weight is 423 g/mol. The number of tetrazole rings is 1. The van der Waals surface area contributed by atoms with Crippen molar-refractivity contribution in [3.05, 3.63) is 53.6 Å². The second-order valence-electron chi connectivity index (χ2n) is 7.59. The number of nitrogens with zero attached hydrogens (tertiary/aromatic N) is 5. The Hall–Kier alpha value is -2.87. The Labute approximate surface area is 180 Å². The highest BCUT2D eigenvalue weighted by atomic mass is 32.2. The lowest BCUT2D eigenvalue weighted by atomic mass is 10.1. The number of aromatic nitrogens is 4. The molecule has 0 aliphatic carbocycles. The van der Waals surface area contributed by atoms with Crippen molar-refractivity contribution in [2.75, 3.05) is 29.1 Å². The number of hydrogen-bond donors (Lipinski definition) is 1. The van der Waals surface area contributed by atoms with Gasteiger partial charge in [-0.05, 0) is 79.4 Å². The SMILES string of the molecule is Cc1ccc(-n2nnnc2SCC(=O)Nc2ccc(N3CCCCC3)cc2)c(C)c1. The van der Waals surface area contributed by atoms with E-state index in [2.05, 4.69) is 50.9 Å². The highest BCUT2D eigenvalue weighted by Gasteiger charge is 2.14. The number of nitrogens with one attached hydrogen (secondary N) is 1. The maximum absolute atomic E-state index is 12.4. The summed E-state index contributed by atoms with van der Waals surface area (Å²) in [5, 5.41) is 15.5. The summed E-state index contributed by atoms with van der Waals surface area (Å²) < 4.78 is 1.68. The number of carbonyl (C=O) groups excluding carboxylic acids is 1. The lowest BCUT2D eigenvalue weighted by Gasteiger charge is -2.28. The first-order valence-corrected chi connectivity index (χ1v) is 11.2. The fraction of sp³-hybridized carbons (Fsp3) is 0.364. The third kappa shape index (κ3) is 4.81. The van der Waals surface area contributed by atoms with Gasteiger partial charge < -0.3 is 10.2 Å². The van der Waals surface area contributed by atoms with Gasteiger partial charge in [-0.2, -0.15) is 4.68 Å². The number of piperidine rings is 1. The number of anilines is 2. The molecule has 1 amide bonds. The summed E-state index contributed by atoms with van der Waals surface area (Å²) in [6.45, 7) is 6.29. The summed E-state index contributed by atoms with van der Waals surface area (Å²) in [4.78, 5) is 14.8. The van der Waals surface area contributed by atoms with E-state index in [-0.39, 0.29) is 11.7 Å². The maximum Gasteiger partial charge on any atom is 0.234 e. The molecule has 1 N–H and O–H groups in total. The van der Waals surface area contributed by atoms with Crippen LogP contribution in [0.2, 0.25) is 0 Å². The van der Waals surface area contributed by atoms with Gasteiger partial charge in [0.05, 0.1) is 11.4 Å². The molecule has 0 spiro atoms. The average Bonchev–Trinajstić information content (AvgIpc) is 3.22. The van der Waals surface area contributed by atoms with Gasteiger partial charge >= 0.3 is 0 Å². The monoisotopic (exact) mass is 422 g/mol. The Morgan fingerprint density at radius 2 is 1.83 bits per heavy atom. The van der Waals surface area contributed by atoms with Crippen molar-refractivity contribution in [1.82, 2.24) is 20.2 Å². The van der Waals surface area contributed by atoms with E-state index >= 15 is 0 Å². The quantitative estimate of drug-likeness (QED) is 0.605. The summed E-state index contributed by atoms with van der Waals surface area (Å²) in [5.74, 6) is 0.153. The highest BCUT2D eigenvalue weighted by molar-refractivity contribution is 7.99. The van der Waals surface area contributed by atoms with Crippen LogP contribution in [-0.2, 0) is 4.79 Å². The van der Waals surface area contributed by atoms with Crippen LogP contribution >= 0.6 is 11.8 Å². The number of aryl methyl sites for hydroxylation is 2. The normalized spacial score (nSPS) is 14.0. The number of rotatable bonds is 6. The number of carbonyl (C=O) groups is 1. The second-order valence-corrected chi connectivity index (χ2v) is 8.54. The topological polar surface area (TPSA) is 75.9 Å². The molecule has 1 aliphatic heterocycles. The number of hydrogen-bond acceptors (Lipinski definition) is 6. The molecule has 30 heavy (non-hydrogen) atoms. The van der Waals surface area contributed by atoms with Crippen LogP contribution in [0.4, 0.5) is 11.4 Å². The van der Waals surface area contributed by atoms with Gasteiger partial charge in [-0.15, -0.1) is 5.10 Å². The minimum Gasteiger partial charge on any atom is -0.372 e. The van der Waals surface area contributed by atoms with Crippen molar-refractivity contribution in [3.8, 4) is 5.69 Å². The van der Waals surface area contributed by atoms with Gasteiger partial charge in [-0.1, -0.05) is 29.5 Å². The van der Waals surface area contributed by atoms with Crippen molar-refractivity contribution in [2.24, 2.45) is 0 Å². The van der Waals surface area contributed by atoms with E-state index in [1.165, 1.54) is 42.3 Å². The van der Waals surface area contributed by atoms with Crippen molar-refractivity contribution < 1.29 is 4.79 Å². The van der Waals surface area contributed by atoms with Gasteiger partial charge in [0.25, 0.3) is 0 Å². The largest absolute Gasteiger partial charge is 0.372 e. The molecule has 0 radical (unpaired) electrons. The standard InChI is InChI=1S/C22H26N6OS/c1-16-6-11-20(17(2)14-16)28-22(24-25-26-28)30-15-21(29)23-18-7-9-19(10-8-18)27-12-4-3-5-13-27/h6-11,14H,3-5,12-13,15H2,1-2H3,(H,23,29). The Morgan fingerprint density at radius 1 is 1.07 bits per heavy atom. The minimum atomic E-state index is -0.0825. The van der Waals surface area contributed by atoms with Crippen molar-refractivity contribution in [3.63, 3.8) is 0 Å². The summed E-state index contributed by atoms with van der Waals surface area (Å²) >= 11 is 1.32. The zero-order valence-electron chi connectivity index (χ0n) is 17.3. The summed E-state index contributed by atoms with van der Waals surface area (Å²) in [6.07, 6.45) is 3.81. The van der Waals surface area contributed by atoms with E-state index in [9.17, 15) is 4.79 Å². The van der Waals surface area contributed by atoms with Gasteiger partial charge in [-0.3, -0.25) is 4.79 Å². The smallest absolute Gasteiger partial charge is 0.234 e. The van der Waals surface area contributed by atoms with Gasteiger partial charge in [0.15, 0.2) is 0 Å². The molecule has 1 fully saturated rings. The molecular weight excluding hydrogens is 396 g/mol. The molecule has 1 saturated heterocycles. The summed E-state index contributed by atoms with van der Waals surface area (Å²) in [5.41, 5.74) is 5.21. The molecule has 4 rings (SSSR count). The lowest BCUT2D eigenvalue weighted by molar-refractivity contribution is -0.113. The van der Waals surface area contributed by atoms with Crippen molar-refractivity contribution in [1.29, 1.82) is 0 Å². The molecule has 0 bridgehead atoms. The number of amides is 1. The van der Waals surface area contributed by atoms with Crippen LogP contribution in [0, 0.1) is 13.8 Å². The second kappa shape index (κ2) is 9.30. The van der Waals surface area contributed by atoms with Crippen molar-refractivity contribution in [2.45, 2.75) is 38.3 Å². The Kier molecular flexibility index (Phi) is 6.32. The van der Waals surface area contributed by atoms with Crippen LogP contribution in [0.1, 0.15) is 30.4 Å². The predicted molar refractivity (Wildman–Crippen MR) is 120 cm³/mol. The molecule has 0 unspecified atom stereocenters.